The van der Waals surface area contributed by atoms with E-state index in [1.807, 2.05) is 0 Å². The summed E-state index contributed by atoms with van der Waals surface area (Å²) >= 11 is 3.11. The normalized spacial score (nSPS) is 11.7. The molecule has 0 amide bonds. The van der Waals surface area contributed by atoms with Crippen LogP contribution in [0.5, 0.6) is 5.75 Å². The largest absolute Gasteiger partial charge is 0.495 e. The van der Waals surface area contributed by atoms with Crippen molar-refractivity contribution in [3.8, 4) is 5.75 Å². The monoisotopic (exact) mass is 325 g/mol. The molecule has 0 saturated heterocycles. The zero-order valence-corrected chi connectivity index (χ0v) is 11.6. The molecule has 0 aromatic heterocycles. The van der Waals surface area contributed by atoms with Crippen LogP contribution in [0, 0.1) is 0 Å². The third kappa shape index (κ3) is 3.88. The summed E-state index contributed by atoms with van der Waals surface area (Å²) in [6, 6.07) is 2.17. The number of nitrogens with two attached hydrogens (primary N) is 1. The second-order valence-electron chi connectivity index (χ2n) is 3.89. The van der Waals surface area contributed by atoms with Gasteiger partial charge in [0.05, 0.1) is 17.1 Å². The number of methoxy groups -OCH3 is 1. The van der Waals surface area contributed by atoms with Gasteiger partial charge in [0.25, 0.3) is 0 Å². The molecule has 1 aromatic rings. The lowest BCUT2D eigenvalue weighted by Crippen LogP contribution is -2.07. The first-order valence-corrected chi connectivity index (χ1v) is 6.33. The first-order valence-electron chi connectivity index (χ1n) is 5.53. The van der Waals surface area contributed by atoms with E-state index < -0.39 is 11.7 Å². The molecule has 0 fully saturated rings. The van der Waals surface area contributed by atoms with Crippen molar-refractivity contribution in [2.75, 3.05) is 13.7 Å². The van der Waals surface area contributed by atoms with Crippen molar-refractivity contribution < 1.29 is 17.9 Å². The highest BCUT2D eigenvalue weighted by Gasteiger charge is 2.32. The number of hydrogen-bond acceptors (Lipinski definition) is 2. The zero-order chi connectivity index (χ0) is 13.8. The lowest BCUT2D eigenvalue weighted by Gasteiger charge is -2.14. The van der Waals surface area contributed by atoms with Gasteiger partial charge >= 0.3 is 6.18 Å². The molecular formula is C12H15BrF3NO. The molecule has 102 valence electrons. The molecule has 0 aliphatic carbocycles. The van der Waals surface area contributed by atoms with Gasteiger partial charge in [0.15, 0.2) is 0 Å². The van der Waals surface area contributed by atoms with Gasteiger partial charge in [0.2, 0.25) is 0 Å². The van der Waals surface area contributed by atoms with Crippen LogP contribution in [-0.2, 0) is 12.6 Å². The van der Waals surface area contributed by atoms with Crippen molar-refractivity contribution in [1.82, 2.24) is 0 Å². The van der Waals surface area contributed by atoms with Crippen molar-refractivity contribution >= 4 is 15.9 Å². The van der Waals surface area contributed by atoms with Gasteiger partial charge in [-0.2, -0.15) is 13.2 Å². The number of benzene rings is 1. The Hall–Kier alpha value is -0.750. The molecule has 0 aliphatic heterocycles. The highest BCUT2D eigenvalue weighted by atomic mass is 79.9. The van der Waals surface area contributed by atoms with E-state index >= 15 is 0 Å². The maximum Gasteiger partial charge on any atom is 0.416 e. The van der Waals surface area contributed by atoms with Crippen molar-refractivity contribution in [3.05, 3.63) is 27.7 Å². The SMILES string of the molecule is COc1c(Br)cc(C(F)(F)F)cc1CCCCN. The molecule has 0 saturated carbocycles. The molecular weight excluding hydrogens is 311 g/mol. The molecule has 0 bridgehead atoms. The molecule has 1 aromatic carbocycles. The Morgan fingerprint density at radius 1 is 1.28 bits per heavy atom. The van der Waals surface area contributed by atoms with Gasteiger partial charge < -0.3 is 10.5 Å². The molecule has 18 heavy (non-hydrogen) atoms. The number of alkyl halides is 3. The Labute approximate surface area is 112 Å². The minimum absolute atomic E-state index is 0.322. The van der Waals surface area contributed by atoms with E-state index in [1.165, 1.54) is 7.11 Å². The standard InChI is InChI=1S/C12H15BrF3NO/c1-18-11-8(4-2-3-5-17)6-9(7-10(11)13)12(14,15)16/h6-7H,2-5,17H2,1H3. The summed E-state index contributed by atoms with van der Waals surface area (Å²) in [5.41, 5.74) is 5.25. The third-order valence-corrected chi connectivity index (χ3v) is 3.14. The Bertz CT molecular complexity index is 407. The predicted molar refractivity (Wildman–Crippen MR) is 67.7 cm³/mol. The van der Waals surface area contributed by atoms with Crippen molar-refractivity contribution in [2.45, 2.75) is 25.4 Å². The van der Waals surface area contributed by atoms with Gasteiger partial charge in [-0.3, -0.25) is 0 Å². The molecule has 0 atom stereocenters. The molecule has 0 spiro atoms. The maximum atomic E-state index is 12.7. The van der Waals surface area contributed by atoms with Crippen LogP contribution in [0.3, 0.4) is 0 Å². The predicted octanol–water partition coefficient (Wildman–Crippen LogP) is 3.76. The van der Waals surface area contributed by atoms with Gasteiger partial charge in [0.1, 0.15) is 5.75 Å². The topological polar surface area (TPSA) is 35.2 Å². The highest BCUT2D eigenvalue weighted by Crippen LogP contribution is 2.38. The van der Waals surface area contributed by atoms with Gasteiger partial charge in [-0.1, -0.05) is 0 Å². The number of halogens is 4. The van der Waals surface area contributed by atoms with Crippen LogP contribution in [0.2, 0.25) is 0 Å². The van der Waals surface area contributed by atoms with Gasteiger partial charge in [0, 0.05) is 0 Å². The van der Waals surface area contributed by atoms with Gasteiger partial charge in [-0.15, -0.1) is 0 Å². The smallest absolute Gasteiger partial charge is 0.416 e. The minimum atomic E-state index is -4.35. The molecule has 0 unspecified atom stereocenters. The van der Waals surface area contributed by atoms with Crippen molar-refractivity contribution in [3.63, 3.8) is 0 Å². The first-order chi connectivity index (χ1) is 8.40. The third-order valence-electron chi connectivity index (χ3n) is 2.55. The van der Waals surface area contributed by atoms with E-state index in [1.54, 1.807) is 0 Å². The highest BCUT2D eigenvalue weighted by molar-refractivity contribution is 9.10. The zero-order valence-electron chi connectivity index (χ0n) is 9.98. The van der Waals surface area contributed by atoms with E-state index in [0.717, 1.165) is 25.0 Å². The van der Waals surface area contributed by atoms with E-state index in [4.69, 9.17) is 10.5 Å². The van der Waals surface area contributed by atoms with Gasteiger partial charge in [-0.05, 0) is 59.4 Å². The Balaban J connectivity index is 3.07. The number of aryl methyl sites for hydroxylation is 1. The number of unbranched alkanes of at least 4 members (excludes halogenated alkanes) is 1. The Kier molecular flexibility index (Phi) is 5.47. The fourth-order valence-electron chi connectivity index (χ4n) is 1.69. The lowest BCUT2D eigenvalue weighted by molar-refractivity contribution is -0.137. The first kappa shape index (κ1) is 15.3. The summed E-state index contributed by atoms with van der Waals surface area (Å²) in [6.07, 6.45) is -2.32. The Morgan fingerprint density at radius 2 is 1.94 bits per heavy atom. The summed E-state index contributed by atoms with van der Waals surface area (Å²) in [6.45, 7) is 0.530. The Morgan fingerprint density at radius 3 is 2.44 bits per heavy atom. The van der Waals surface area contributed by atoms with Crippen LogP contribution in [0.1, 0.15) is 24.0 Å². The van der Waals surface area contributed by atoms with Crippen LogP contribution in [-0.4, -0.2) is 13.7 Å². The minimum Gasteiger partial charge on any atom is -0.495 e. The molecule has 2 nitrogen and oxygen atoms in total. The quantitative estimate of drug-likeness (QED) is 0.836. The fraction of sp³-hybridized carbons (Fsp3) is 0.500. The van der Waals surface area contributed by atoms with Crippen LogP contribution in [0.15, 0.2) is 16.6 Å². The molecule has 1 rings (SSSR count). The van der Waals surface area contributed by atoms with Crippen LogP contribution >= 0.6 is 15.9 Å². The average Bonchev–Trinajstić information content (AvgIpc) is 2.27. The van der Waals surface area contributed by atoms with Crippen molar-refractivity contribution in [2.24, 2.45) is 5.73 Å². The molecule has 2 N–H and O–H groups in total. The average molecular weight is 326 g/mol. The molecule has 6 heteroatoms. The van der Waals surface area contributed by atoms with E-state index in [2.05, 4.69) is 15.9 Å². The summed E-state index contributed by atoms with van der Waals surface area (Å²) in [5.74, 6) is 0.458. The second-order valence-corrected chi connectivity index (χ2v) is 4.75. The molecule has 0 radical (unpaired) electrons. The van der Waals surface area contributed by atoms with Crippen molar-refractivity contribution in [1.29, 1.82) is 0 Å². The number of hydrogen-bond donors (Lipinski definition) is 1. The van der Waals surface area contributed by atoms with Crippen LogP contribution in [0.25, 0.3) is 0 Å². The summed E-state index contributed by atoms with van der Waals surface area (Å²) < 4.78 is 43.5. The summed E-state index contributed by atoms with van der Waals surface area (Å²) in [7, 11) is 1.44. The number of ether oxygens (including phenoxy) is 1. The number of rotatable bonds is 5. The molecule has 0 heterocycles. The molecule has 0 aliphatic rings. The maximum absolute atomic E-state index is 12.7. The van der Waals surface area contributed by atoms with E-state index in [9.17, 15) is 13.2 Å². The van der Waals surface area contributed by atoms with Crippen LogP contribution in [0.4, 0.5) is 13.2 Å². The second kappa shape index (κ2) is 6.43. The van der Waals surface area contributed by atoms with E-state index in [-0.39, 0.29) is 0 Å². The lowest BCUT2D eigenvalue weighted by atomic mass is 10.0. The van der Waals surface area contributed by atoms with E-state index in [0.29, 0.717) is 28.8 Å². The fourth-order valence-corrected chi connectivity index (χ4v) is 2.35. The summed E-state index contributed by atoms with van der Waals surface area (Å²) in [4.78, 5) is 0. The summed E-state index contributed by atoms with van der Waals surface area (Å²) in [5, 5.41) is 0. The van der Waals surface area contributed by atoms with Gasteiger partial charge in [-0.25, -0.2) is 0 Å². The van der Waals surface area contributed by atoms with Crippen LogP contribution < -0.4 is 10.5 Å².